The summed E-state index contributed by atoms with van der Waals surface area (Å²) >= 11 is 0. The van der Waals surface area contributed by atoms with Crippen LogP contribution in [-0.4, -0.2) is 58.9 Å². The number of rotatable bonds is 3. The zero-order chi connectivity index (χ0) is 16.8. The largest absolute Gasteiger partial charge is 0.337 e. The Morgan fingerprint density at radius 2 is 1.79 bits per heavy atom. The third-order valence-corrected chi connectivity index (χ3v) is 5.29. The van der Waals surface area contributed by atoms with E-state index in [2.05, 4.69) is 21.9 Å². The minimum absolute atomic E-state index is 0.0494. The van der Waals surface area contributed by atoms with E-state index in [1.54, 1.807) is 6.20 Å². The summed E-state index contributed by atoms with van der Waals surface area (Å²) in [7, 11) is 2.18. The second-order valence-corrected chi connectivity index (χ2v) is 7.43. The maximum Gasteiger partial charge on any atom is 0.274 e. The van der Waals surface area contributed by atoms with Gasteiger partial charge in [-0.05, 0) is 51.6 Å². The fourth-order valence-electron chi connectivity index (χ4n) is 3.92. The highest BCUT2D eigenvalue weighted by Gasteiger charge is 2.20. The SMILES string of the molecule is CN1CCCC(Cc2cnc(C(=O)N3CCCCCCC3)cn2)C1. The Morgan fingerprint density at radius 3 is 2.46 bits per heavy atom. The number of carbonyl (C=O) groups is 1. The monoisotopic (exact) mass is 330 g/mol. The topological polar surface area (TPSA) is 49.3 Å². The third-order valence-electron chi connectivity index (χ3n) is 5.29. The Hall–Kier alpha value is -1.49. The van der Waals surface area contributed by atoms with Gasteiger partial charge in [-0.25, -0.2) is 4.98 Å². The van der Waals surface area contributed by atoms with Crippen molar-refractivity contribution in [3.63, 3.8) is 0 Å². The highest BCUT2D eigenvalue weighted by Crippen LogP contribution is 2.19. The molecular formula is C19H30N4O. The van der Waals surface area contributed by atoms with E-state index in [9.17, 15) is 4.79 Å². The lowest BCUT2D eigenvalue weighted by atomic mass is 9.94. The molecule has 132 valence electrons. The van der Waals surface area contributed by atoms with Crippen LogP contribution in [0.3, 0.4) is 0 Å². The second kappa shape index (κ2) is 8.56. The van der Waals surface area contributed by atoms with Crippen LogP contribution in [-0.2, 0) is 6.42 Å². The minimum Gasteiger partial charge on any atom is -0.337 e. The first-order valence-electron chi connectivity index (χ1n) is 9.51. The normalized spacial score (nSPS) is 23.5. The summed E-state index contributed by atoms with van der Waals surface area (Å²) in [6.45, 7) is 4.05. The van der Waals surface area contributed by atoms with Gasteiger partial charge in [0, 0.05) is 25.8 Å². The van der Waals surface area contributed by atoms with Crippen molar-refractivity contribution >= 4 is 5.91 Å². The highest BCUT2D eigenvalue weighted by molar-refractivity contribution is 5.91. The Kier molecular flexibility index (Phi) is 6.18. The first kappa shape index (κ1) is 17.3. The average Bonchev–Trinajstić information content (AvgIpc) is 2.55. The molecule has 5 nitrogen and oxygen atoms in total. The summed E-state index contributed by atoms with van der Waals surface area (Å²) in [5, 5.41) is 0. The summed E-state index contributed by atoms with van der Waals surface area (Å²) in [5.41, 5.74) is 1.51. The average molecular weight is 330 g/mol. The summed E-state index contributed by atoms with van der Waals surface area (Å²) in [6, 6.07) is 0. The van der Waals surface area contributed by atoms with Crippen LogP contribution in [0.25, 0.3) is 0 Å². The van der Waals surface area contributed by atoms with E-state index in [-0.39, 0.29) is 5.91 Å². The molecule has 0 bridgehead atoms. The van der Waals surface area contributed by atoms with Gasteiger partial charge in [0.05, 0.1) is 11.9 Å². The number of nitrogens with zero attached hydrogens (tertiary/aromatic N) is 4. The smallest absolute Gasteiger partial charge is 0.274 e. The summed E-state index contributed by atoms with van der Waals surface area (Å²) < 4.78 is 0. The number of amides is 1. The standard InChI is InChI=1S/C19H30N4O/c1-22-9-7-8-16(15-22)12-17-13-21-18(14-20-17)19(24)23-10-5-3-2-4-6-11-23/h13-14,16H,2-12,15H2,1H3. The Morgan fingerprint density at radius 1 is 1.04 bits per heavy atom. The van der Waals surface area contributed by atoms with Gasteiger partial charge in [0.1, 0.15) is 5.69 Å². The molecule has 1 aromatic heterocycles. The Balaban J connectivity index is 1.57. The van der Waals surface area contributed by atoms with E-state index < -0.39 is 0 Å². The molecular weight excluding hydrogens is 300 g/mol. The third kappa shape index (κ3) is 4.76. The van der Waals surface area contributed by atoms with Gasteiger partial charge in [-0.2, -0.15) is 0 Å². The molecule has 0 saturated carbocycles. The van der Waals surface area contributed by atoms with Crippen LogP contribution in [0.5, 0.6) is 0 Å². The van der Waals surface area contributed by atoms with E-state index in [1.165, 1.54) is 38.6 Å². The van der Waals surface area contributed by atoms with Gasteiger partial charge in [0.25, 0.3) is 5.91 Å². The molecule has 1 amide bonds. The van der Waals surface area contributed by atoms with E-state index in [1.807, 2.05) is 11.1 Å². The van der Waals surface area contributed by atoms with Gasteiger partial charge in [-0.1, -0.05) is 19.3 Å². The van der Waals surface area contributed by atoms with Crippen LogP contribution < -0.4 is 0 Å². The molecule has 2 aliphatic heterocycles. The Bertz CT molecular complexity index is 523. The van der Waals surface area contributed by atoms with E-state index in [0.717, 1.165) is 44.6 Å². The fraction of sp³-hybridized carbons (Fsp3) is 0.737. The number of aromatic nitrogens is 2. The van der Waals surface area contributed by atoms with Crippen LogP contribution in [0.15, 0.2) is 12.4 Å². The number of hydrogen-bond donors (Lipinski definition) is 0. The maximum atomic E-state index is 12.6. The zero-order valence-electron chi connectivity index (χ0n) is 14.9. The van der Waals surface area contributed by atoms with Crippen LogP contribution in [0.4, 0.5) is 0 Å². The van der Waals surface area contributed by atoms with Gasteiger partial charge in [0.15, 0.2) is 0 Å². The van der Waals surface area contributed by atoms with Crippen molar-refractivity contribution in [3.05, 3.63) is 23.8 Å². The van der Waals surface area contributed by atoms with E-state index in [0.29, 0.717) is 11.6 Å². The molecule has 0 aromatic carbocycles. The summed E-state index contributed by atoms with van der Waals surface area (Å²) in [4.78, 5) is 25.9. The molecule has 1 aromatic rings. The highest BCUT2D eigenvalue weighted by atomic mass is 16.2. The molecule has 1 unspecified atom stereocenters. The fourth-order valence-corrected chi connectivity index (χ4v) is 3.92. The molecule has 5 heteroatoms. The summed E-state index contributed by atoms with van der Waals surface area (Å²) in [5.74, 6) is 0.710. The van der Waals surface area contributed by atoms with Gasteiger partial charge in [-0.15, -0.1) is 0 Å². The number of likely N-dealkylation sites (tertiary alicyclic amines) is 2. The lowest BCUT2D eigenvalue weighted by molar-refractivity contribution is 0.0736. The molecule has 2 aliphatic rings. The molecule has 0 aliphatic carbocycles. The molecule has 1 atom stereocenters. The minimum atomic E-state index is 0.0494. The van der Waals surface area contributed by atoms with Crippen molar-refractivity contribution in [3.8, 4) is 0 Å². The summed E-state index contributed by atoms with van der Waals surface area (Å²) in [6.07, 6.45) is 12.9. The van der Waals surface area contributed by atoms with Crippen LogP contribution in [0, 0.1) is 5.92 Å². The van der Waals surface area contributed by atoms with Crippen LogP contribution >= 0.6 is 0 Å². The van der Waals surface area contributed by atoms with E-state index >= 15 is 0 Å². The number of piperidine rings is 1. The van der Waals surface area contributed by atoms with Crippen molar-refractivity contribution in [2.75, 3.05) is 33.2 Å². The molecule has 2 saturated heterocycles. The van der Waals surface area contributed by atoms with Crippen molar-refractivity contribution < 1.29 is 4.79 Å². The van der Waals surface area contributed by atoms with Gasteiger partial charge in [-0.3, -0.25) is 9.78 Å². The van der Waals surface area contributed by atoms with E-state index in [4.69, 9.17) is 0 Å². The number of hydrogen-bond acceptors (Lipinski definition) is 4. The van der Waals surface area contributed by atoms with Gasteiger partial charge < -0.3 is 9.80 Å². The van der Waals surface area contributed by atoms with Crippen LogP contribution in [0.2, 0.25) is 0 Å². The zero-order valence-corrected chi connectivity index (χ0v) is 14.9. The predicted octanol–water partition coefficient (Wildman–Crippen LogP) is 2.77. The predicted molar refractivity (Wildman–Crippen MR) is 94.9 cm³/mol. The molecule has 3 rings (SSSR count). The van der Waals surface area contributed by atoms with Gasteiger partial charge >= 0.3 is 0 Å². The van der Waals surface area contributed by atoms with Gasteiger partial charge in [0.2, 0.25) is 0 Å². The second-order valence-electron chi connectivity index (χ2n) is 7.43. The van der Waals surface area contributed by atoms with Crippen molar-refractivity contribution in [1.29, 1.82) is 0 Å². The van der Waals surface area contributed by atoms with Crippen molar-refractivity contribution in [2.45, 2.75) is 51.4 Å². The molecule has 0 radical (unpaired) electrons. The maximum absolute atomic E-state index is 12.6. The van der Waals surface area contributed by atoms with Crippen molar-refractivity contribution in [1.82, 2.24) is 19.8 Å². The molecule has 3 heterocycles. The number of carbonyl (C=O) groups excluding carboxylic acids is 1. The first-order chi connectivity index (χ1) is 11.7. The molecule has 24 heavy (non-hydrogen) atoms. The van der Waals surface area contributed by atoms with Crippen molar-refractivity contribution in [2.24, 2.45) is 5.92 Å². The molecule has 0 spiro atoms. The lowest BCUT2D eigenvalue weighted by Gasteiger charge is -2.29. The lowest BCUT2D eigenvalue weighted by Crippen LogP contribution is -2.34. The first-order valence-corrected chi connectivity index (χ1v) is 9.51. The molecule has 2 fully saturated rings. The quantitative estimate of drug-likeness (QED) is 0.855. The Labute approximate surface area is 145 Å². The van der Waals surface area contributed by atoms with Crippen LogP contribution in [0.1, 0.15) is 61.1 Å². The molecule has 0 N–H and O–H groups in total.